The van der Waals surface area contributed by atoms with E-state index in [0.717, 1.165) is 18.4 Å². The van der Waals surface area contributed by atoms with Crippen LogP contribution in [-0.4, -0.2) is 0 Å². The van der Waals surface area contributed by atoms with Gasteiger partial charge in [0.2, 0.25) is 0 Å². The fourth-order valence-corrected chi connectivity index (χ4v) is 2.96. The van der Waals surface area contributed by atoms with Crippen molar-refractivity contribution in [3.8, 4) is 0 Å². The summed E-state index contributed by atoms with van der Waals surface area (Å²) in [5.41, 5.74) is 11.0. The molecule has 1 aromatic rings. The second-order valence-corrected chi connectivity index (χ2v) is 8.14. The molecule has 0 atom stereocenters. The van der Waals surface area contributed by atoms with Crippen LogP contribution in [0.4, 0.5) is 0 Å². The van der Waals surface area contributed by atoms with Crippen LogP contribution in [0.25, 0.3) is 5.57 Å². The molecule has 30 heavy (non-hydrogen) atoms. The first-order chi connectivity index (χ1) is 14.0. The van der Waals surface area contributed by atoms with Gasteiger partial charge in [-0.1, -0.05) is 94.2 Å². The van der Waals surface area contributed by atoms with E-state index in [1.165, 1.54) is 40.7 Å². The average molecular weight is 413 g/mol. The molecule has 0 saturated heterocycles. The summed E-state index contributed by atoms with van der Waals surface area (Å²) >= 11 is 0. The summed E-state index contributed by atoms with van der Waals surface area (Å²) in [7, 11) is 0. The van der Waals surface area contributed by atoms with Crippen LogP contribution in [0.2, 0.25) is 0 Å². The van der Waals surface area contributed by atoms with E-state index in [1.54, 1.807) is 11.1 Å². The van der Waals surface area contributed by atoms with E-state index in [2.05, 4.69) is 85.9 Å². The van der Waals surface area contributed by atoms with Crippen molar-refractivity contribution in [2.45, 2.75) is 109 Å². The SMILES string of the molecule is C=C(C)C.C=C(C)C=C(C)C.CC.CCC/C(C)=C(\CC)c1cc(CC)ccc1C. The second-order valence-electron chi connectivity index (χ2n) is 8.14. The zero-order chi connectivity index (χ0) is 24.3. The van der Waals surface area contributed by atoms with Gasteiger partial charge in [-0.3, -0.25) is 0 Å². The van der Waals surface area contributed by atoms with Gasteiger partial charge in [-0.05, 0) is 90.0 Å². The van der Waals surface area contributed by atoms with Crippen molar-refractivity contribution in [3.63, 3.8) is 0 Å². The molecule has 0 amide bonds. The summed E-state index contributed by atoms with van der Waals surface area (Å²) in [5, 5.41) is 0. The molecule has 0 N–H and O–H groups in total. The molecule has 0 heterocycles. The highest BCUT2D eigenvalue weighted by molar-refractivity contribution is 5.71. The van der Waals surface area contributed by atoms with Gasteiger partial charge in [0.05, 0.1) is 0 Å². The Bertz CT molecular complexity index is 657. The Morgan fingerprint density at radius 3 is 1.70 bits per heavy atom. The molecule has 0 unspecified atom stereocenters. The van der Waals surface area contributed by atoms with Crippen LogP contribution in [0.1, 0.15) is 112 Å². The normalized spacial score (nSPS) is 10.0. The van der Waals surface area contributed by atoms with E-state index in [4.69, 9.17) is 0 Å². The molecule has 1 aromatic carbocycles. The molecular formula is C30H52. The Balaban J connectivity index is -0.000000464. The van der Waals surface area contributed by atoms with Gasteiger partial charge in [-0.25, -0.2) is 0 Å². The van der Waals surface area contributed by atoms with E-state index in [9.17, 15) is 0 Å². The minimum Gasteiger partial charge on any atom is -0.100 e. The largest absolute Gasteiger partial charge is 0.100 e. The van der Waals surface area contributed by atoms with Crippen molar-refractivity contribution in [3.05, 3.63) is 76.4 Å². The first kappa shape index (κ1) is 32.8. The molecule has 0 aromatic heterocycles. The van der Waals surface area contributed by atoms with Crippen molar-refractivity contribution in [1.82, 2.24) is 0 Å². The topological polar surface area (TPSA) is 0 Å². The Labute approximate surface area is 190 Å². The fourth-order valence-electron chi connectivity index (χ4n) is 2.96. The molecule has 0 radical (unpaired) electrons. The molecule has 0 spiro atoms. The van der Waals surface area contributed by atoms with Crippen LogP contribution >= 0.6 is 0 Å². The highest BCUT2D eigenvalue weighted by Gasteiger charge is 2.07. The van der Waals surface area contributed by atoms with Gasteiger partial charge in [0.15, 0.2) is 0 Å². The lowest BCUT2D eigenvalue weighted by Crippen LogP contribution is -1.94. The lowest BCUT2D eigenvalue weighted by Gasteiger charge is -2.14. The predicted octanol–water partition coefficient (Wildman–Crippen LogP) is 10.7. The lowest BCUT2D eigenvalue weighted by atomic mass is 9.91. The number of rotatable bonds is 6. The Hall–Kier alpha value is -1.82. The molecule has 0 saturated carbocycles. The third-order valence-corrected chi connectivity index (χ3v) is 4.06. The highest BCUT2D eigenvalue weighted by Crippen LogP contribution is 2.28. The van der Waals surface area contributed by atoms with Gasteiger partial charge in [0.1, 0.15) is 0 Å². The maximum absolute atomic E-state index is 3.72. The minimum atomic E-state index is 1.12. The van der Waals surface area contributed by atoms with E-state index in [-0.39, 0.29) is 0 Å². The number of allylic oxidation sites excluding steroid dienone is 6. The van der Waals surface area contributed by atoms with Crippen molar-refractivity contribution < 1.29 is 0 Å². The summed E-state index contributed by atoms with van der Waals surface area (Å²) in [6, 6.07) is 6.90. The lowest BCUT2D eigenvalue weighted by molar-refractivity contribution is 0.901. The summed E-state index contributed by atoms with van der Waals surface area (Å²) in [6.45, 7) is 32.6. The van der Waals surface area contributed by atoms with Crippen LogP contribution in [0.5, 0.6) is 0 Å². The van der Waals surface area contributed by atoms with Crippen LogP contribution in [0, 0.1) is 6.92 Å². The zero-order valence-electron chi connectivity index (χ0n) is 22.6. The van der Waals surface area contributed by atoms with E-state index >= 15 is 0 Å². The smallest absolute Gasteiger partial charge is 0.0193 e. The molecule has 0 heteroatoms. The summed E-state index contributed by atoms with van der Waals surface area (Å²) in [6.07, 6.45) is 6.78. The van der Waals surface area contributed by atoms with E-state index < -0.39 is 0 Å². The molecule has 0 aliphatic rings. The average Bonchev–Trinajstić information content (AvgIpc) is 2.64. The molecule has 0 bridgehead atoms. The zero-order valence-corrected chi connectivity index (χ0v) is 22.6. The maximum Gasteiger partial charge on any atom is -0.0193 e. The van der Waals surface area contributed by atoms with E-state index in [0.29, 0.717) is 0 Å². The van der Waals surface area contributed by atoms with Gasteiger partial charge in [-0.15, -0.1) is 6.58 Å². The Morgan fingerprint density at radius 1 is 0.900 bits per heavy atom. The Kier molecular flexibility index (Phi) is 22.4. The molecular weight excluding hydrogens is 360 g/mol. The second kappa shape index (κ2) is 20.5. The quantitative estimate of drug-likeness (QED) is 0.322. The van der Waals surface area contributed by atoms with E-state index in [1.807, 2.05) is 34.6 Å². The van der Waals surface area contributed by atoms with Crippen LogP contribution in [0.15, 0.2) is 59.7 Å². The molecule has 0 aliphatic carbocycles. The molecule has 0 nitrogen and oxygen atoms in total. The third kappa shape index (κ3) is 18.2. The summed E-state index contributed by atoms with van der Waals surface area (Å²) in [4.78, 5) is 0. The van der Waals surface area contributed by atoms with Gasteiger partial charge in [0.25, 0.3) is 0 Å². The molecule has 172 valence electrons. The first-order valence-electron chi connectivity index (χ1n) is 11.7. The highest BCUT2D eigenvalue weighted by atomic mass is 14.1. The van der Waals surface area contributed by atoms with Gasteiger partial charge >= 0.3 is 0 Å². The van der Waals surface area contributed by atoms with Crippen LogP contribution < -0.4 is 0 Å². The standard InChI is InChI=1S/C17H26.C7H12.C4H8.C2H6/c1-6-9-13(4)16(8-3)17-12-15(7-2)11-10-14(17)5;1-6(2)5-7(3)4;1-4(2)3;1-2/h10-12H,6-9H2,1-5H3;5H,1H2,2-4H3;1H2,2-3H3;1-2H3/b16-13+;;;. The van der Waals surface area contributed by atoms with Gasteiger partial charge in [0, 0.05) is 0 Å². The number of hydrogen-bond donors (Lipinski definition) is 0. The third-order valence-electron chi connectivity index (χ3n) is 4.06. The Morgan fingerprint density at radius 2 is 1.40 bits per heavy atom. The summed E-state index contributed by atoms with van der Waals surface area (Å²) < 4.78 is 0. The maximum atomic E-state index is 3.72. The molecule has 0 aliphatic heterocycles. The molecule has 0 fully saturated rings. The predicted molar refractivity (Wildman–Crippen MR) is 144 cm³/mol. The number of hydrogen-bond acceptors (Lipinski definition) is 0. The van der Waals surface area contributed by atoms with Gasteiger partial charge < -0.3 is 0 Å². The number of benzene rings is 1. The molecule has 1 rings (SSSR count). The van der Waals surface area contributed by atoms with Crippen molar-refractivity contribution in [2.24, 2.45) is 0 Å². The number of aryl methyl sites for hydroxylation is 2. The van der Waals surface area contributed by atoms with Crippen LogP contribution in [-0.2, 0) is 6.42 Å². The minimum absolute atomic E-state index is 1.12. The first-order valence-corrected chi connectivity index (χ1v) is 11.7. The van der Waals surface area contributed by atoms with Gasteiger partial charge in [-0.2, -0.15) is 0 Å². The van der Waals surface area contributed by atoms with Crippen molar-refractivity contribution >= 4 is 5.57 Å². The van der Waals surface area contributed by atoms with Crippen LogP contribution in [0.3, 0.4) is 0 Å². The van der Waals surface area contributed by atoms with Crippen molar-refractivity contribution in [1.29, 1.82) is 0 Å². The monoisotopic (exact) mass is 412 g/mol. The fraction of sp³-hybridized carbons (Fsp3) is 0.533. The summed E-state index contributed by atoms with van der Waals surface area (Å²) in [5.74, 6) is 0. The van der Waals surface area contributed by atoms with Crippen molar-refractivity contribution in [2.75, 3.05) is 0 Å².